The maximum absolute atomic E-state index is 10.4. The van der Waals surface area contributed by atoms with E-state index in [4.69, 9.17) is 5.11 Å². The van der Waals surface area contributed by atoms with Crippen LogP contribution in [0.4, 0.5) is 5.95 Å². The molecule has 1 fully saturated rings. The van der Waals surface area contributed by atoms with Crippen LogP contribution in [0.25, 0.3) is 6.08 Å². The Kier molecular flexibility index (Phi) is 3.92. The Morgan fingerprint density at radius 1 is 1.50 bits per heavy atom. The molecule has 5 heteroatoms. The maximum atomic E-state index is 10.4. The van der Waals surface area contributed by atoms with Gasteiger partial charge in [-0.15, -0.1) is 0 Å². The zero-order valence-corrected chi connectivity index (χ0v) is 10.4. The molecule has 96 valence electrons. The highest BCUT2D eigenvalue weighted by atomic mass is 16.4. The monoisotopic (exact) mass is 247 g/mol. The molecule has 1 heterocycles. The van der Waals surface area contributed by atoms with Crippen molar-refractivity contribution >= 4 is 18.0 Å². The highest BCUT2D eigenvalue weighted by Gasteiger charge is 2.29. The minimum Gasteiger partial charge on any atom is -0.478 e. The number of rotatable bonds is 6. The van der Waals surface area contributed by atoms with Gasteiger partial charge in [-0.25, -0.2) is 14.8 Å². The van der Waals surface area contributed by atoms with Crippen LogP contribution in [-0.2, 0) is 4.79 Å². The zero-order chi connectivity index (χ0) is 13.0. The van der Waals surface area contributed by atoms with Crippen LogP contribution >= 0.6 is 0 Å². The number of aliphatic carboxylic acids is 1. The normalized spacial score (nSPS) is 14.9. The van der Waals surface area contributed by atoms with E-state index >= 15 is 0 Å². The molecule has 0 atom stereocenters. The Labute approximate surface area is 106 Å². The third kappa shape index (κ3) is 3.29. The van der Waals surface area contributed by atoms with Crippen LogP contribution in [0.5, 0.6) is 0 Å². The van der Waals surface area contributed by atoms with Crippen molar-refractivity contribution in [2.24, 2.45) is 0 Å². The highest BCUT2D eigenvalue weighted by Crippen LogP contribution is 2.29. The lowest BCUT2D eigenvalue weighted by Gasteiger charge is -2.21. The van der Waals surface area contributed by atoms with Gasteiger partial charge in [0.15, 0.2) is 0 Å². The van der Waals surface area contributed by atoms with E-state index in [1.165, 1.54) is 18.9 Å². The topological polar surface area (TPSA) is 66.3 Å². The summed E-state index contributed by atoms with van der Waals surface area (Å²) >= 11 is 0. The largest absolute Gasteiger partial charge is 0.478 e. The van der Waals surface area contributed by atoms with Crippen molar-refractivity contribution in [1.82, 2.24) is 9.97 Å². The second-order valence-corrected chi connectivity index (χ2v) is 4.41. The first kappa shape index (κ1) is 12.5. The van der Waals surface area contributed by atoms with Crippen LogP contribution in [0, 0.1) is 0 Å². The van der Waals surface area contributed by atoms with Crippen LogP contribution in [0.3, 0.4) is 0 Å². The van der Waals surface area contributed by atoms with E-state index in [1.54, 1.807) is 12.4 Å². The molecule has 5 nitrogen and oxygen atoms in total. The molecular formula is C13H17N3O2. The average Bonchev–Trinajstić information content (AvgIpc) is 3.18. The molecule has 18 heavy (non-hydrogen) atoms. The Morgan fingerprint density at radius 3 is 2.67 bits per heavy atom. The average molecular weight is 247 g/mol. The summed E-state index contributed by atoms with van der Waals surface area (Å²) in [5.41, 5.74) is 0.702. The highest BCUT2D eigenvalue weighted by molar-refractivity contribution is 5.85. The fourth-order valence-corrected chi connectivity index (χ4v) is 1.81. The Morgan fingerprint density at radius 2 is 2.17 bits per heavy atom. The maximum Gasteiger partial charge on any atom is 0.328 e. The number of carbonyl (C=O) groups is 1. The summed E-state index contributed by atoms with van der Waals surface area (Å²) in [6.45, 7) is 3.11. The lowest BCUT2D eigenvalue weighted by atomic mass is 10.3. The van der Waals surface area contributed by atoms with Gasteiger partial charge in [0.1, 0.15) is 0 Å². The van der Waals surface area contributed by atoms with E-state index in [-0.39, 0.29) is 0 Å². The third-order valence-electron chi connectivity index (χ3n) is 2.79. The van der Waals surface area contributed by atoms with Gasteiger partial charge in [0, 0.05) is 36.6 Å². The van der Waals surface area contributed by atoms with Gasteiger partial charge in [-0.2, -0.15) is 0 Å². The summed E-state index contributed by atoms with van der Waals surface area (Å²) in [4.78, 5) is 21.2. The van der Waals surface area contributed by atoms with Crippen LogP contribution < -0.4 is 4.90 Å². The molecule has 1 aliphatic carbocycles. The predicted octanol–water partition coefficient (Wildman–Crippen LogP) is 1.95. The smallest absolute Gasteiger partial charge is 0.328 e. The second kappa shape index (κ2) is 5.62. The molecule has 0 spiro atoms. The van der Waals surface area contributed by atoms with E-state index in [0.29, 0.717) is 11.6 Å². The second-order valence-electron chi connectivity index (χ2n) is 4.41. The van der Waals surface area contributed by atoms with Gasteiger partial charge in [-0.3, -0.25) is 0 Å². The lowest BCUT2D eigenvalue weighted by molar-refractivity contribution is -0.131. The Bertz CT molecular complexity index is 438. The van der Waals surface area contributed by atoms with Crippen molar-refractivity contribution < 1.29 is 9.90 Å². The quantitative estimate of drug-likeness (QED) is 0.778. The molecule has 1 aliphatic rings. The number of nitrogens with zero attached hydrogens (tertiary/aromatic N) is 3. The van der Waals surface area contributed by atoms with Crippen LogP contribution in [-0.4, -0.2) is 33.6 Å². The summed E-state index contributed by atoms with van der Waals surface area (Å²) in [5.74, 6) is -0.225. The summed E-state index contributed by atoms with van der Waals surface area (Å²) < 4.78 is 0. The van der Waals surface area contributed by atoms with Crippen molar-refractivity contribution in [2.45, 2.75) is 32.2 Å². The lowest BCUT2D eigenvalue weighted by Crippen LogP contribution is -2.28. The van der Waals surface area contributed by atoms with Crippen molar-refractivity contribution in [2.75, 3.05) is 11.4 Å². The number of anilines is 1. The molecule has 2 rings (SSSR count). The van der Waals surface area contributed by atoms with E-state index in [2.05, 4.69) is 21.8 Å². The van der Waals surface area contributed by atoms with Gasteiger partial charge in [-0.05, 0) is 25.3 Å². The standard InChI is InChI=1S/C13H17N3O2/c1-2-7-16(11-4-5-11)13-14-8-10(9-15-13)3-6-12(17)18/h3,6,8-9,11H,2,4-5,7H2,1H3,(H,17,18)/b6-3+. The first-order valence-electron chi connectivity index (χ1n) is 6.20. The van der Waals surface area contributed by atoms with Crippen LogP contribution in [0.15, 0.2) is 18.5 Å². The number of hydrogen-bond donors (Lipinski definition) is 1. The van der Waals surface area contributed by atoms with Crippen molar-refractivity contribution in [3.8, 4) is 0 Å². The summed E-state index contributed by atoms with van der Waals surface area (Å²) in [6.07, 6.45) is 9.39. The van der Waals surface area contributed by atoms with E-state index in [1.807, 2.05) is 0 Å². The SMILES string of the molecule is CCCN(c1ncc(/C=C/C(=O)O)cn1)C1CC1. The number of carboxylic acid groups (broad SMARTS) is 1. The molecule has 1 N–H and O–H groups in total. The molecule has 1 aromatic rings. The van der Waals surface area contributed by atoms with Crippen molar-refractivity contribution in [3.05, 3.63) is 24.0 Å². The number of hydrogen-bond acceptors (Lipinski definition) is 4. The van der Waals surface area contributed by atoms with Crippen LogP contribution in [0.2, 0.25) is 0 Å². The summed E-state index contributed by atoms with van der Waals surface area (Å²) in [7, 11) is 0. The van der Waals surface area contributed by atoms with E-state index in [9.17, 15) is 4.79 Å². The molecule has 0 aromatic carbocycles. The fourth-order valence-electron chi connectivity index (χ4n) is 1.81. The van der Waals surface area contributed by atoms with Crippen molar-refractivity contribution in [1.29, 1.82) is 0 Å². The molecule has 0 amide bonds. The van der Waals surface area contributed by atoms with Gasteiger partial charge in [-0.1, -0.05) is 6.92 Å². The molecule has 0 radical (unpaired) electrons. The van der Waals surface area contributed by atoms with Gasteiger partial charge in [0.2, 0.25) is 5.95 Å². The van der Waals surface area contributed by atoms with Gasteiger partial charge >= 0.3 is 5.97 Å². The number of carboxylic acids is 1. The molecule has 1 saturated carbocycles. The Hall–Kier alpha value is -1.91. The minimum absolute atomic E-state index is 0.588. The van der Waals surface area contributed by atoms with Crippen LogP contribution in [0.1, 0.15) is 31.7 Å². The third-order valence-corrected chi connectivity index (χ3v) is 2.79. The molecular weight excluding hydrogens is 230 g/mol. The van der Waals surface area contributed by atoms with E-state index < -0.39 is 5.97 Å². The van der Waals surface area contributed by atoms with Gasteiger partial charge in [0.25, 0.3) is 0 Å². The molecule has 1 aromatic heterocycles. The molecule has 0 unspecified atom stereocenters. The molecule has 0 bridgehead atoms. The fraction of sp³-hybridized carbons (Fsp3) is 0.462. The Balaban J connectivity index is 2.08. The minimum atomic E-state index is -0.968. The summed E-state index contributed by atoms with van der Waals surface area (Å²) in [6, 6.07) is 0.588. The van der Waals surface area contributed by atoms with Gasteiger partial charge in [0.05, 0.1) is 0 Å². The summed E-state index contributed by atoms with van der Waals surface area (Å²) in [5, 5.41) is 8.53. The predicted molar refractivity (Wildman–Crippen MR) is 69.4 cm³/mol. The first-order valence-corrected chi connectivity index (χ1v) is 6.20. The van der Waals surface area contributed by atoms with Crippen molar-refractivity contribution in [3.63, 3.8) is 0 Å². The molecule has 0 aliphatic heterocycles. The van der Waals surface area contributed by atoms with E-state index in [0.717, 1.165) is 25.0 Å². The van der Waals surface area contributed by atoms with Gasteiger partial charge < -0.3 is 10.0 Å². The zero-order valence-electron chi connectivity index (χ0n) is 10.4. The first-order chi connectivity index (χ1) is 8.70. The molecule has 0 saturated heterocycles. The number of aromatic nitrogens is 2.